The zero-order chi connectivity index (χ0) is 22.1. The number of carbonyl (C=O) groups excluding carboxylic acids is 2. The molecule has 0 aliphatic heterocycles. The highest BCUT2D eigenvalue weighted by Gasteiger charge is 2.18. The summed E-state index contributed by atoms with van der Waals surface area (Å²) in [4.78, 5) is 23.9. The average molecular weight is 410 g/mol. The summed E-state index contributed by atoms with van der Waals surface area (Å²) in [6, 6.07) is 12.6. The van der Waals surface area contributed by atoms with Crippen LogP contribution in [0.2, 0.25) is 0 Å². The Morgan fingerprint density at radius 2 is 1.53 bits per heavy atom. The van der Waals surface area contributed by atoms with Crippen molar-refractivity contribution in [3.8, 4) is 11.8 Å². The Balaban J connectivity index is 2.00. The van der Waals surface area contributed by atoms with Gasteiger partial charge in [0.05, 0.1) is 18.2 Å². The van der Waals surface area contributed by atoms with Crippen molar-refractivity contribution in [1.82, 2.24) is 10.8 Å². The van der Waals surface area contributed by atoms with Crippen LogP contribution in [-0.2, 0) is 4.79 Å². The Bertz CT molecular complexity index is 913. The molecule has 2 aromatic rings. The number of carbonyl (C=O) groups is 2. The fourth-order valence-corrected chi connectivity index (χ4v) is 2.43. The number of rotatable bonds is 7. The largest absolute Gasteiger partial charge is 0.391 e. The fraction of sp³-hybridized carbons (Fsp3) is 0.273. The standard InChI is InChI=1S/C22H26N4O4/c1-14(23)21(28)25-19-11-7-17(8-12-19)4-3-16-5-9-18(10-6-16)22(29)26-20(13-24-30)15(2)27/h5-12,14-15,20,24,27,30H,13,23H2,1-2H3,(H,25,28)(H,26,29)/t14-,15-,20+/m1/s1. The zero-order valence-electron chi connectivity index (χ0n) is 16.8. The van der Waals surface area contributed by atoms with Crippen molar-refractivity contribution in [3.63, 3.8) is 0 Å². The predicted octanol–water partition coefficient (Wildman–Crippen LogP) is 0.830. The number of hydrogen-bond acceptors (Lipinski definition) is 6. The van der Waals surface area contributed by atoms with E-state index in [0.29, 0.717) is 11.3 Å². The third kappa shape index (κ3) is 6.99. The molecule has 2 rings (SSSR count). The molecule has 0 radical (unpaired) electrons. The minimum atomic E-state index is -0.822. The van der Waals surface area contributed by atoms with Gasteiger partial charge in [0.2, 0.25) is 5.91 Å². The fourth-order valence-electron chi connectivity index (χ4n) is 2.43. The van der Waals surface area contributed by atoms with Crippen LogP contribution in [-0.4, -0.2) is 46.9 Å². The Labute approximate surface area is 175 Å². The summed E-state index contributed by atoms with van der Waals surface area (Å²) in [5, 5.41) is 23.8. The van der Waals surface area contributed by atoms with Gasteiger partial charge in [-0.1, -0.05) is 11.8 Å². The Kier molecular flexibility index (Phi) is 8.53. The molecule has 8 heteroatoms. The van der Waals surface area contributed by atoms with Gasteiger partial charge in [-0.05, 0) is 62.4 Å². The summed E-state index contributed by atoms with van der Waals surface area (Å²) in [7, 11) is 0. The van der Waals surface area contributed by atoms with Gasteiger partial charge in [0.15, 0.2) is 0 Å². The molecule has 30 heavy (non-hydrogen) atoms. The normalized spacial score (nSPS) is 13.4. The van der Waals surface area contributed by atoms with Gasteiger partial charge in [0.1, 0.15) is 0 Å². The van der Waals surface area contributed by atoms with E-state index < -0.39 is 18.2 Å². The maximum Gasteiger partial charge on any atom is 0.251 e. The quantitative estimate of drug-likeness (QED) is 0.296. The molecule has 0 spiro atoms. The first-order valence-electron chi connectivity index (χ1n) is 9.44. The summed E-state index contributed by atoms with van der Waals surface area (Å²) >= 11 is 0. The van der Waals surface area contributed by atoms with Crippen molar-refractivity contribution < 1.29 is 19.9 Å². The summed E-state index contributed by atoms with van der Waals surface area (Å²) in [5.41, 5.74) is 10.0. The second-order valence-electron chi connectivity index (χ2n) is 6.87. The molecule has 0 unspecified atom stereocenters. The Morgan fingerprint density at radius 3 is 2.00 bits per heavy atom. The van der Waals surface area contributed by atoms with Crippen LogP contribution in [0.15, 0.2) is 48.5 Å². The number of hydroxylamine groups is 1. The third-order valence-corrected chi connectivity index (χ3v) is 4.27. The number of amides is 2. The van der Waals surface area contributed by atoms with Gasteiger partial charge in [-0.25, -0.2) is 5.48 Å². The van der Waals surface area contributed by atoms with Crippen molar-refractivity contribution in [2.45, 2.75) is 32.0 Å². The van der Waals surface area contributed by atoms with Gasteiger partial charge in [-0.3, -0.25) is 9.59 Å². The summed E-state index contributed by atoms with van der Waals surface area (Å²) in [5.74, 6) is 5.41. The van der Waals surface area contributed by atoms with E-state index in [1.807, 2.05) is 5.48 Å². The number of nitrogens with two attached hydrogens (primary N) is 1. The van der Waals surface area contributed by atoms with E-state index in [9.17, 15) is 14.7 Å². The van der Waals surface area contributed by atoms with E-state index in [2.05, 4.69) is 22.5 Å². The SMILES string of the molecule is C[C@@H](N)C(=O)Nc1ccc(C#Cc2ccc(C(=O)N[C@@H](CNO)[C@@H](C)O)cc2)cc1. The molecule has 0 aliphatic carbocycles. The van der Waals surface area contributed by atoms with Crippen LogP contribution in [0, 0.1) is 11.8 Å². The van der Waals surface area contributed by atoms with E-state index >= 15 is 0 Å². The van der Waals surface area contributed by atoms with Crippen molar-refractivity contribution in [1.29, 1.82) is 0 Å². The van der Waals surface area contributed by atoms with E-state index in [0.717, 1.165) is 11.1 Å². The van der Waals surface area contributed by atoms with Crippen molar-refractivity contribution >= 4 is 17.5 Å². The maximum atomic E-state index is 12.3. The first kappa shape index (κ1) is 23.1. The Morgan fingerprint density at radius 1 is 1.00 bits per heavy atom. The number of hydrogen-bond donors (Lipinski definition) is 6. The van der Waals surface area contributed by atoms with Crippen LogP contribution in [0.5, 0.6) is 0 Å². The average Bonchev–Trinajstić information content (AvgIpc) is 2.73. The van der Waals surface area contributed by atoms with Crippen LogP contribution in [0.1, 0.15) is 35.3 Å². The van der Waals surface area contributed by atoms with Crippen molar-refractivity contribution in [2.75, 3.05) is 11.9 Å². The lowest BCUT2D eigenvalue weighted by Gasteiger charge is -2.20. The number of aliphatic hydroxyl groups is 1. The molecule has 0 heterocycles. The third-order valence-electron chi connectivity index (χ3n) is 4.27. The second-order valence-corrected chi connectivity index (χ2v) is 6.87. The second kappa shape index (κ2) is 11.1. The minimum Gasteiger partial charge on any atom is -0.391 e. The number of benzene rings is 2. The van der Waals surface area contributed by atoms with Crippen LogP contribution in [0.4, 0.5) is 5.69 Å². The molecule has 7 N–H and O–H groups in total. The van der Waals surface area contributed by atoms with Crippen LogP contribution < -0.4 is 21.8 Å². The van der Waals surface area contributed by atoms with Gasteiger partial charge in [0, 0.05) is 28.9 Å². The first-order chi connectivity index (χ1) is 14.3. The molecule has 2 aromatic carbocycles. The highest BCUT2D eigenvalue weighted by Crippen LogP contribution is 2.10. The summed E-state index contributed by atoms with van der Waals surface area (Å²) < 4.78 is 0. The first-order valence-corrected chi connectivity index (χ1v) is 9.44. The van der Waals surface area contributed by atoms with Gasteiger partial charge < -0.3 is 26.7 Å². The molecule has 0 aliphatic rings. The molecule has 8 nitrogen and oxygen atoms in total. The lowest BCUT2D eigenvalue weighted by molar-refractivity contribution is -0.117. The predicted molar refractivity (Wildman–Crippen MR) is 114 cm³/mol. The molecule has 0 saturated carbocycles. The summed E-state index contributed by atoms with van der Waals surface area (Å²) in [6.07, 6.45) is -0.822. The maximum absolute atomic E-state index is 12.3. The molecular weight excluding hydrogens is 384 g/mol. The van der Waals surface area contributed by atoms with Crippen LogP contribution in [0.3, 0.4) is 0 Å². The lowest BCUT2D eigenvalue weighted by atomic mass is 10.1. The van der Waals surface area contributed by atoms with Crippen molar-refractivity contribution in [2.24, 2.45) is 5.73 Å². The van der Waals surface area contributed by atoms with Gasteiger partial charge in [-0.15, -0.1) is 0 Å². The number of aliphatic hydroxyl groups excluding tert-OH is 1. The number of nitrogens with one attached hydrogen (secondary N) is 3. The van der Waals surface area contributed by atoms with E-state index in [1.54, 1.807) is 55.5 Å². The molecular formula is C22H26N4O4. The molecule has 2 amide bonds. The van der Waals surface area contributed by atoms with Gasteiger partial charge in [-0.2, -0.15) is 0 Å². The van der Waals surface area contributed by atoms with Crippen molar-refractivity contribution in [3.05, 3.63) is 65.2 Å². The van der Waals surface area contributed by atoms with Gasteiger partial charge in [0.25, 0.3) is 5.91 Å². The Hall–Kier alpha value is -3.22. The lowest BCUT2D eigenvalue weighted by Crippen LogP contribution is -2.47. The van der Waals surface area contributed by atoms with Crippen LogP contribution >= 0.6 is 0 Å². The van der Waals surface area contributed by atoms with Gasteiger partial charge >= 0.3 is 0 Å². The molecule has 3 atom stereocenters. The summed E-state index contributed by atoms with van der Waals surface area (Å²) in [6.45, 7) is 3.17. The molecule has 0 saturated heterocycles. The number of anilines is 1. The van der Waals surface area contributed by atoms with E-state index in [-0.39, 0.29) is 18.4 Å². The molecule has 158 valence electrons. The van der Waals surface area contributed by atoms with E-state index in [4.69, 9.17) is 10.9 Å². The highest BCUT2D eigenvalue weighted by atomic mass is 16.5. The molecule has 0 bridgehead atoms. The topological polar surface area (TPSA) is 137 Å². The minimum absolute atomic E-state index is 0.0285. The smallest absolute Gasteiger partial charge is 0.251 e. The molecule has 0 aromatic heterocycles. The highest BCUT2D eigenvalue weighted by molar-refractivity contribution is 5.95. The zero-order valence-corrected chi connectivity index (χ0v) is 16.8. The van der Waals surface area contributed by atoms with Crippen LogP contribution in [0.25, 0.3) is 0 Å². The van der Waals surface area contributed by atoms with E-state index in [1.165, 1.54) is 6.92 Å². The monoisotopic (exact) mass is 410 g/mol. The molecule has 0 fully saturated rings.